The van der Waals surface area contributed by atoms with Gasteiger partial charge >= 0.3 is 0 Å². The van der Waals surface area contributed by atoms with Gasteiger partial charge in [-0.05, 0) is 17.7 Å². The molecule has 1 N–H and O–H groups in total. The molecule has 2 saturated heterocycles. The van der Waals surface area contributed by atoms with Gasteiger partial charge < -0.3 is 24.4 Å². The van der Waals surface area contributed by atoms with Gasteiger partial charge in [-0.1, -0.05) is 42.5 Å². The lowest BCUT2D eigenvalue weighted by Gasteiger charge is -2.37. The van der Waals surface area contributed by atoms with E-state index in [0.29, 0.717) is 57.0 Å². The van der Waals surface area contributed by atoms with Gasteiger partial charge in [-0.2, -0.15) is 0 Å². The number of piperidine rings is 1. The zero-order valence-corrected chi connectivity index (χ0v) is 16.8. The van der Waals surface area contributed by atoms with Crippen molar-refractivity contribution in [2.45, 2.75) is 25.2 Å². The highest BCUT2D eigenvalue weighted by molar-refractivity contribution is 5.97. The molecule has 0 aliphatic carbocycles. The molecule has 2 aromatic rings. The van der Waals surface area contributed by atoms with E-state index < -0.39 is 5.79 Å². The second kappa shape index (κ2) is 9.28. The Morgan fingerprint density at radius 3 is 2.37 bits per heavy atom. The highest BCUT2D eigenvalue weighted by Gasteiger charge is 2.40. The predicted octanol–water partition coefficient (Wildman–Crippen LogP) is 2.36. The third kappa shape index (κ3) is 4.80. The van der Waals surface area contributed by atoms with Crippen molar-refractivity contribution in [3.05, 3.63) is 65.7 Å². The second-order valence-electron chi connectivity index (χ2n) is 7.44. The standard InChI is InChI=1S/C23H26N2O5/c26-21(25-12-10-23(11-13-25)29-14-15-30-23)17-28-20-9-5-4-8-19(20)22(27)24-16-18-6-2-1-3-7-18/h1-9H,10-17H2,(H,24,27). The Kier molecular flexibility index (Phi) is 6.30. The first-order valence-corrected chi connectivity index (χ1v) is 10.2. The van der Waals surface area contributed by atoms with E-state index in [1.54, 1.807) is 29.2 Å². The molecule has 0 atom stereocenters. The van der Waals surface area contributed by atoms with Gasteiger partial charge in [-0.15, -0.1) is 0 Å². The van der Waals surface area contributed by atoms with Crippen molar-refractivity contribution in [3.63, 3.8) is 0 Å². The summed E-state index contributed by atoms with van der Waals surface area (Å²) in [4.78, 5) is 27.0. The van der Waals surface area contributed by atoms with E-state index in [1.807, 2.05) is 30.3 Å². The van der Waals surface area contributed by atoms with E-state index in [-0.39, 0.29) is 18.4 Å². The lowest BCUT2D eigenvalue weighted by molar-refractivity contribution is -0.187. The van der Waals surface area contributed by atoms with Gasteiger partial charge in [0.1, 0.15) is 5.75 Å². The molecule has 4 rings (SSSR count). The highest BCUT2D eigenvalue weighted by atomic mass is 16.7. The van der Waals surface area contributed by atoms with Crippen LogP contribution in [-0.4, -0.2) is 55.4 Å². The van der Waals surface area contributed by atoms with E-state index in [2.05, 4.69) is 5.32 Å². The van der Waals surface area contributed by atoms with Crippen LogP contribution >= 0.6 is 0 Å². The van der Waals surface area contributed by atoms with Crippen molar-refractivity contribution in [1.82, 2.24) is 10.2 Å². The summed E-state index contributed by atoms with van der Waals surface area (Å²) >= 11 is 0. The molecule has 1 spiro atoms. The molecule has 0 aromatic heterocycles. The van der Waals surface area contributed by atoms with Crippen molar-refractivity contribution >= 4 is 11.8 Å². The Labute approximate surface area is 175 Å². The molecule has 158 valence electrons. The van der Waals surface area contributed by atoms with Crippen LogP contribution < -0.4 is 10.1 Å². The molecule has 2 aliphatic rings. The normalized spacial score (nSPS) is 17.7. The van der Waals surface area contributed by atoms with Gasteiger partial charge in [0.25, 0.3) is 11.8 Å². The van der Waals surface area contributed by atoms with Gasteiger partial charge in [0.15, 0.2) is 12.4 Å². The van der Waals surface area contributed by atoms with Gasteiger partial charge in [-0.3, -0.25) is 9.59 Å². The van der Waals surface area contributed by atoms with Gasteiger partial charge in [0.2, 0.25) is 0 Å². The first kappa shape index (κ1) is 20.4. The smallest absolute Gasteiger partial charge is 0.260 e. The van der Waals surface area contributed by atoms with Crippen molar-refractivity contribution in [1.29, 1.82) is 0 Å². The van der Waals surface area contributed by atoms with Gasteiger partial charge in [0.05, 0.1) is 18.8 Å². The topological polar surface area (TPSA) is 77.1 Å². The fourth-order valence-electron chi connectivity index (χ4n) is 3.77. The number of para-hydroxylation sites is 1. The third-order valence-corrected chi connectivity index (χ3v) is 5.47. The average Bonchev–Trinajstić information content (AvgIpc) is 3.25. The number of carbonyl (C=O) groups excluding carboxylic acids is 2. The number of benzene rings is 2. The number of rotatable bonds is 6. The number of carbonyl (C=O) groups is 2. The number of nitrogens with one attached hydrogen (secondary N) is 1. The van der Waals surface area contributed by atoms with Crippen LogP contribution in [0.3, 0.4) is 0 Å². The van der Waals surface area contributed by atoms with Crippen LogP contribution in [0, 0.1) is 0 Å². The minimum Gasteiger partial charge on any atom is -0.483 e. The first-order chi connectivity index (χ1) is 14.7. The van der Waals surface area contributed by atoms with Crippen molar-refractivity contribution < 1.29 is 23.8 Å². The molecule has 2 heterocycles. The summed E-state index contributed by atoms with van der Waals surface area (Å²) in [6.45, 7) is 2.67. The number of hydrogen-bond acceptors (Lipinski definition) is 5. The molecule has 2 aliphatic heterocycles. The summed E-state index contributed by atoms with van der Waals surface area (Å²) in [5.74, 6) is -0.465. The largest absolute Gasteiger partial charge is 0.483 e. The zero-order valence-electron chi connectivity index (χ0n) is 16.8. The number of nitrogens with zero attached hydrogens (tertiary/aromatic N) is 1. The van der Waals surface area contributed by atoms with Crippen LogP contribution in [0.4, 0.5) is 0 Å². The molecule has 0 saturated carbocycles. The molecule has 30 heavy (non-hydrogen) atoms. The van der Waals surface area contributed by atoms with Crippen LogP contribution in [0.5, 0.6) is 5.75 Å². The first-order valence-electron chi connectivity index (χ1n) is 10.2. The quantitative estimate of drug-likeness (QED) is 0.791. The van der Waals surface area contributed by atoms with Crippen LogP contribution in [0.1, 0.15) is 28.8 Å². The zero-order chi connectivity index (χ0) is 20.8. The van der Waals surface area contributed by atoms with Crippen molar-refractivity contribution in [3.8, 4) is 5.75 Å². The van der Waals surface area contributed by atoms with Crippen LogP contribution in [0.25, 0.3) is 0 Å². The molecule has 2 amide bonds. The monoisotopic (exact) mass is 410 g/mol. The Balaban J connectivity index is 1.30. The number of hydrogen-bond donors (Lipinski definition) is 1. The SMILES string of the molecule is O=C(NCc1ccccc1)c1ccccc1OCC(=O)N1CCC2(CC1)OCCO2. The molecule has 2 aromatic carbocycles. The molecule has 0 bridgehead atoms. The van der Waals surface area contributed by atoms with E-state index in [9.17, 15) is 9.59 Å². The fourth-order valence-corrected chi connectivity index (χ4v) is 3.77. The lowest BCUT2D eigenvalue weighted by Crippen LogP contribution is -2.48. The second-order valence-corrected chi connectivity index (χ2v) is 7.44. The van der Waals surface area contributed by atoms with Crippen LogP contribution in [0.2, 0.25) is 0 Å². The van der Waals surface area contributed by atoms with Crippen molar-refractivity contribution in [2.75, 3.05) is 32.9 Å². The summed E-state index contributed by atoms with van der Waals surface area (Å²) in [5.41, 5.74) is 1.42. The summed E-state index contributed by atoms with van der Waals surface area (Å²) in [6.07, 6.45) is 1.33. The maximum Gasteiger partial charge on any atom is 0.260 e. The Morgan fingerprint density at radius 2 is 1.63 bits per heavy atom. The summed E-state index contributed by atoms with van der Waals surface area (Å²) in [6, 6.07) is 16.6. The van der Waals surface area contributed by atoms with Crippen LogP contribution in [-0.2, 0) is 20.8 Å². The highest BCUT2D eigenvalue weighted by Crippen LogP contribution is 2.31. The number of ether oxygens (including phenoxy) is 3. The number of amides is 2. The molecular weight excluding hydrogens is 384 g/mol. The predicted molar refractivity (Wildman–Crippen MR) is 110 cm³/mol. The van der Waals surface area contributed by atoms with Crippen molar-refractivity contribution in [2.24, 2.45) is 0 Å². The maximum absolute atomic E-state index is 12.6. The Bertz CT molecular complexity index is 870. The van der Waals surface area contributed by atoms with Crippen LogP contribution in [0.15, 0.2) is 54.6 Å². The Morgan fingerprint density at radius 1 is 0.967 bits per heavy atom. The molecule has 7 nitrogen and oxygen atoms in total. The van der Waals surface area contributed by atoms with E-state index in [0.717, 1.165) is 5.56 Å². The van der Waals surface area contributed by atoms with E-state index >= 15 is 0 Å². The summed E-state index contributed by atoms with van der Waals surface area (Å²) in [7, 11) is 0. The molecule has 2 fully saturated rings. The maximum atomic E-state index is 12.6. The molecule has 7 heteroatoms. The minimum absolute atomic E-state index is 0.109. The van der Waals surface area contributed by atoms with Gasteiger partial charge in [-0.25, -0.2) is 0 Å². The molecule has 0 unspecified atom stereocenters. The third-order valence-electron chi connectivity index (χ3n) is 5.47. The fraction of sp³-hybridized carbons (Fsp3) is 0.391. The average molecular weight is 410 g/mol. The minimum atomic E-state index is -0.513. The number of likely N-dealkylation sites (tertiary alicyclic amines) is 1. The summed E-state index contributed by atoms with van der Waals surface area (Å²) < 4.78 is 17.1. The van der Waals surface area contributed by atoms with E-state index in [4.69, 9.17) is 14.2 Å². The summed E-state index contributed by atoms with van der Waals surface area (Å²) in [5, 5.41) is 2.89. The molecular formula is C23H26N2O5. The van der Waals surface area contributed by atoms with E-state index in [1.165, 1.54) is 0 Å². The Hall–Kier alpha value is -2.90. The molecule has 0 radical (unpaired) electrons. The lowest BCUT2D eigenvalue weighted by atomic mass is 10.0. The van der Waals surface area contributed by atoms with Gasteiger partial charge in [0, 0.05) is 32.5 Å².